The van der Waals surface area contributed by atoms with Gasteiger partial charge >= 0.3 is 5.97 Å². The molecule has 5 saturated heterocycles. The fourth-order valence-corrected chi connectivity index (χ4v) is 15.2. The number of piperidine rings is 1. The summed E-state index contributed by atoms with van der Waals surface area (Å²) in [5.41, 5.74) is 6.07. The van der Waals surface area contributed by atoms with Crippen LogP contribution in [-0.4, -0.2) is 77.5 Å². The Balaban J connectivity index is 1.25. The summed E-state index contributed by atoms with van der Waals surface area (Å²) in [6.45, 7) is 8.03. The summed E-state index contributed by atoms with van der Waals surface area (Å²) in [7, 11) is 1.56. The molecule has 12 rings (SSSR count). The molecule has 0 aromatic heterocycles. The summed E-state index contributed by atoms with van der Waals surface area (Å²) in [6.07, 6.45) is 12.3. The minimum absolute atomic E-state index is 0.115. The molecule has 11 unspecified atom stereocenters. The molecular weight excluding hydrogens is 584 g/mol. The first-order valence-electron chi connectivity index (χ1n) is 18.4. The van der Waals surface area contributed by atoms with Crippen molar-refractivity contribution in [1.82, 2.24) is 9.80 Å². The maximum absolute atomic E-state index is 14.0. The Morgan fingerprint density at radius 1 is 1.02 bits per heavy atom. The summed E-state index contributed by atoms with van der Waals surface area (Å²) in [5, 5.41) is 3.90. The second kappa shape index (κ2) is 7.85. The zero-order valence-corrected chi connectivity index (χ0v) is 27.7. The summed E-state index contributed by atoms with van der Waals surface area (Å²) in [6, 6.07) is 19.3. The molecule has 1 N–H and O–H groups in total. The highest BCUT2D eigenvalue weighted by Crippen LogP contribution is 2.82. The van der Waals surface area contributed by atoms with Gasteiger partial charge in [0.15, 0.2) is 5.72 Å². The summed E-state index contributed by atoms with van der Waals surface area (Å²) < 4.78 is 13.9. The maximum Gasteiger partial charge on any atom is 0.335 e. The number of anilines is 2. The summed E-state index contributed by atoms with van der Waals surface area (Å²) in [4.78, 5) is 22.7. The third kappa shape index (κ3) is 2.34. The van der Waals surface area contributed by atoms with Crippen LogP contribution in [0.15, 0.2) is 72.0 Å². The number of benzene rings is 2. The first kappa shape index (κ1) is 26.8. The van der Waals surface area contributed by atoms with Crippen molar-refractivity contribution in [1.29, 1.82) is 0 Å². The Morgan fingerprint density at radius 2 is 1.85 bits per heavy atom. The fraction of sp³-hybridized carbons (Fsp3) is 0.575. The van der Waals surface area contributed by atoms with E-state index >= 15 is 0 Å². The third-order valence-electron chi connectivity index (χ3n) is 16.1. The van der Waals surface area contributed by atoms with Crippen LogP contribution < -0.4 is 10.2 Å². The average Bonchev–Trinajstić information content (AvgIpc) is 3.83. The van der Waals surface area contributed by atoms with Gasteiger partial charge in [0.05, 0.1) is 40.7 Å². The molecule has 8 heterocycles. The van der Waals surface area contributed by atoms with Gasteiger partial charge in [-0.05, 0) is 68.3 Å². The number of fused-ring (bicyclic) bond motifs is 3. The minimum atomic E-state index is -0.440. The first-order valence-corrected chi connectivity index (χ1v) is 18.4. The van der Waals surface area contributed by atoms with E-state index in [0.29, 0.717) is 24.4 Å². The molecule has 0 radical (unpaired) electrons. The first-order chi connectivity index (χ1) is 22.9. The largest absolute Gasteiger partial charge is 0.466 e. The number of hydrogen-bond donors (Lipinski definition) is 1. The van der Waals surface area contributed by atoms with Crippen molar-refractivity contribution in [3.63, 3.8) is 0 Å². The number of carbonyl (C=O) groups excluding carboxylic acids is 1. The van der Waals surface area contributed by atoms with Gasteiger partial charge in [-0.2, -0.15) is 0 Å². The number of rotatable bonds is 3. The average molecular weight is 629 g/mol. The normalized spacial score (nSPS) is 49.3. The van der Waals surface area contributed by atoms with E-state index in [1.807, 2.05) is 0 Å². The molecule has 0 amide bonds. The van der Waals surface area contributed by atoms with E-state index in [9.17, 15) is 4.79 Å². The Bertz CT molecular complexity index is 1910. The van der Waals surface area contributed by atoms with Crippen LogP contribution in [0.1, 0.15) is 69.9 Å². The van der Waals surface area contributed by atoms with Gasteiger partial charge in [0.25, 0.3) is 0 Å². The number of esters is 1. The van der Waals surface area contributed by atoms with Gasteiger partial charge in [-0.25, -0.2) is 4.79 Å². The molecule has 11 atom stereocenters. The maximum atomic E-state index is 14.0. The molecule has 6 fully saturated rings. The van der Waals surface area contributed by atoms with Gasteiger partial charge in [-0.3, -0.25) is 9.80 Å². The molecular formula is C40H44N4O3. The Labute approximate surface area is 276 Å². The van der Waals surface area contributed by atoms with Crippen molar-refractivity contribution in [2.45, 2.75) is 105 Å². The van der Waals surface area contributed by atoms with Crippen molar-refractivity contribution in [3.05, 3.63) is 83.1 Å². The van der Waals surface area contributed by atoms with Crippen LogP contribution in [0.5, 0.6) is 0 Å². The van der Waals surface area contributed by atoms with Gasteiger partial charge in [0, 0.05) is 60.0 Å². The predicted octanol–water partition coefficient (Wildman–Crippen LogP) is 5.47. The molecule has 2 aromatic carbocycles. The van der Waals surface area contributed by atoms with Gasteiger partial charge in [-0.15, -0.1) is 0 Å². The van der Waals surface area contributed by atoms with Crippen molar-refractivity contribution < 1.29 is 14.3 Å². The standard InChI is InChI=1S/C40H44N4O3/c1-4-35-15-10-18-42-19-17-39(33(35)42)26-12-7-9-14-29(26)44-34-36-21-24(32(45)46-3)30-38(34,25-11-6-8-13-28(25)41-30)16-20-43(36)31-27(22-35)40(39,44)47-37(31,5-2)23-36/h6-15,27,31,33-34,41H,4-5,16-23H2,1-3H3. The van der Waals surface area contributed by atoms with E-state index in [0.717, 1.165) is 75.1 Å². The van der Waals surface area contributed by atoms with Crippen LogP contribution in [0, 0.1) is 11.3 Å². The number of carbonyl (C=O) groups is 1. The minimum Gasteiger partial charge on any atom is -0.466 e. The van der Waals surface area contributed by atoms with Crippen molar-refractivity contribution >= 4 is 17.3 Å². The van der Waals surface area contributed by atoms with Gasteiger partial charge < -0.3 is 19.7 Å². The van der Waals surface area contributed by atoms with Crippen molar-refractivity contribution in [2.75, 3.05) is 37.0 Å². The highest BCUT2D eigenvalue weighted by molar-refractivity contribution is 5.94. The second-order valence-electron chi connectivity index (χ2n) is 16.8. The third-order valence-corrected chi connectivity index (χ3v) is 16.1. The van der Waals surface area contributed by atoms with Gasteiger partial charge in [-0.1, -0.05) is 62.4 Å². The van der Waals surface area contributed by atoms with Crippen LogP contribution in [0.25, 0.3) is 0 Å². The second-order valence-corrected chi connectivity index (χ2v) is 16.8. The number of ether oxygens (including phenoxy) is 2. The molecule has 10 aliphatic rings. The predicted molar refractivity (Wildman–Crippen MR) is 179 cm³/mol. The number of nitrogens with one attached hydrogen (secondary N) is 1. The number of para-hydroxylation sites is 2. The van der Waals surface area contributed by atoms with E-state index in [-0.39, 0.29) is 39.4 Å². The lowest BCUT2D eigenvalue weighted by Crippen LogP contribution is -2.78. The van der Waals surface area contributed by atoms with Crippen LogP contribution in [0.4, 0.5) is 11.4 Å². The lowest BCUT2D eigenvalue weighted by atomic mass is 9.48. The lowest BCUT2D eigenvalue weighted by Gasteiger charge is -2.65. The molecule has 2 aliphatic carbocycles. The van der Waals surface area contributed by atoms with Crippen LogP contribution in [-0.2, 0) is 25.1 Å². The zero-order valence-electron chi connectivity index (χ0n) is 27.7. The van der Waals surface area contributed by atoms with Crippen LogP contribution >= 0.6 is 0 Å². The topological polar surface area (TPSA) is 57.3 Å². The molecule has 242 valence electrons. The van der Waals surface area contributed by atoms with Crippen molar-refractivity contribution in [3.8, 4) is 0 Å². The quantitative estimate of drug-likeness (QED) is 0.357. The van der Waals surface area contributed by atoms with Crippen LogP contribution in [0.3, 0.4) is 0 Å². The van der Waals surface area contributed by atoms with E-state index in [1.165, 1.54) is 16.8 Å². The monoisotopic (exact) mass is 628 g/mol. The summed E-state index contributed by atoms with van der Waals surface area (Å²) >= 11 is 0. The van der Waals surface area contributed by atoms with E-state index < -0.39 is 5.72 Å². The highest BCUT2D eigenvalue weighted by atomic mass is 16.6. The van der Waals surface area contributed by atoms with E-state index in [2.05, 4.69) is 94.5 Å². The number of hydrogen-bond acceptors (Lipinski definition) is 7. The molecule has 1 saturated carbocycles. The fourth-order valence-electron chi connectivity index (χ4n) is 15.2. The highest BCUT2D eigenvalue weighted by Gasteiger charge is 2.91. The molecule has 6 bridgehead atoms. The Kier molecular flexibility index (Phi) is 4.47. The van der Waals surface area contributed by atoms with Crippen molar-refractivity contribution in [2.24, 2.45) is 11.3 Å². The van der Waals surface area contributed by atoms with E-state index in [4.69, 9.17) is 9.47 Å². The molecule has 7 nitrogen and oxygen atoms in total. The lowest BCUT2D eigenvalue weighted by molar-refractivity contribution is -0.183. The SMILES string of the molecule is CCC12C=CCN3CCC4(c5ccccc5N5C6C78CCN9C%10C(C1)C54OC%10(CC)CC69CC(C(=O)OC)=C7Nc1ccccc18)C32. The zero-order chi connectivity index (χ0) is 31.3. The molecule has 2 aromatic rings. The summed E-state index contributed by atoms with van der Waals surface area (Å²) in [5.74, 6) is 0.191. The van der Waals surface area contributed by atoms with Gasteiger partial charge in [0.2, 0.25) is 0 Å². The number of nitrogens with zero attached hydrogens (tertiary/aromatic N) is 3. The molecule has 8 aliphatic heterocycles. The Morgan fingerprint density at radius 3 is 2.68 bits per heavy atom. The number of methoxy groups -OCH3 is 1. The van der Waals surface area contributed by atoms with Crippen LogP contribution in [0.2, 0.25) is 0 Å². The smallest absolute Gasteiger partial charge is 0.335 e. The molecule has 4 spiro atoms. The van der Waals surface area contributed by atoms with Gasteiger partial charge in [0.1, 0.15) is 0 Å². The molecule has 7 heteroatoms. The molecule has 47 heavy (non-hydrogen) atoms. The van der Waals surface area contributed by atoms with E-state index in [1.54, 1.807) is 7.11 Å². The Hall–Kier alpha value is -3.13.